The molecular weight excluding hydrogens is 264 g/mol. The summed E-state index contributed by atoms with van der Waals surface area (Å²) in [4.78, 5) is 27.4. The number of nitrogens with one attached hydrogen (secondary N) is 1. The van der Waals surface area contributed by atoms with Crippen LogP contribution in [0.5, 0.6) is 0 Å². The molecule has 0 aromatic rings. The van der Waals surface area contributed by atoms with Crippen molar-refractivity contribution in [2.24, 2.45) is 17.8 Å². The van der Waals surface area contributed by atoms with Crippen LogP contribution in [0.3, 0.4) is 0 Å². The molecule has 1 saturated carbocycles. The van der Waals surface area contributed by atoms with Gasteiger partial charge < -0.3 is 10.2 Å². The molecule has 120 valence electrons. The lowest BCUT2D eigenvalue weighted by atomic mass is 9.86. The zero-order chi connectivity index (χ0) is 15.8. The molecule has 4 nitrogen and oxygen atoms in total. The van der Waals surface area contributed by atoms with E-state index >= 15 is 0 Å². The maximum atomic E-state index is 13.0. The highest BCUT2D eigenvalue weighted by atomic mass is 16.2. The molecular formula is C17H30N2O2. The van der Waals surface area contributed by atoms with E-state index in [0.29, 0.717) is 18.4 Å². The zero-order valence-electron chi connectivity index (χ0n) is 14.1. The number of carbonyl (C=O) groups is 2. The van der Waals surface area contributed by atoms with E-state index < -0.39 is 5.54 Å². The van der Waals surface area contributed by atoms with Crippen LogP contribution in [0.15, 0.2) is 0 Å². The fourth-order valence-corrected chi connectivity index (χ4v) is 3.46. The second-order valence-electron chi connectivity index (χ2n) is 7.69. The summed E-state index contributed by atoms with van der Waals surface area (Å²) in [5.74, 6) is 1.27. The highest BCUT2D eigenvalue weighted by molar-refractivity contribution is 6.00. The molecule has 4 heteroatoms. The van der Waals surface area contributed by atoms with Crippen LogP contribution in [-0.4, -0.2) is 34.8 Å². The second-order valence-corrected chi connectivity index (χ2v) is 7.69. The number of carbonyl (C=O) groups excluding carboxylic acids is 2. The Balaban J connectivity index is 2.16. The molecule has 1 saturated heterocycles. The van der Waals surface area contributed by atoms with Crippen LogP contribution in [0.2, 0.25) is 0 Å². The SMILES string of the molecule is CC(C)CCCN1C(=O)C(C)(C2CC2)NC(=O)C1C(C)C. The molecule has 2 amide bonds. The van der Waals surface area contributed by atoms with Gasteiger partial charge in [0.05, 0.1) is 0 Å². The van der Waals surface area contributed by atoms with Gasteiger partial charge in [-0.2, -0.15) is 0 Å². The topological polar surface area (TPSA) is 49.4 Å². The van der Waals surface area contributed by atoms with Gasteiger partial charge in [-0.15, -0.1) is 0 Å². The van der Waals surface area contributed by atoms with Crippen molar-refractivity contribution in [2.75, 3.05) is 6.54 Å². The lowest BCUT2D eigenvalue weighted by Gasteiger charge is -2.46. The summed E-state index contributed by atoms with van der Waals surface area (Å²) in [6.45, 7) is 11.0. The summed E-state index contributed by atoms with van der Waals surface area (Å²) in [7, 11) is 0. The second kappa shape index (κ2) is 5.98. The van der Waals surface area contributed by atoms with E-state index in [9.17, 15) is 9.59 Å². The summed E-state index contributed by atoms with van der Waals surface area (Å²) in [6.07, 6.45) is 4.17. The quantitative estimate of drug-likeness (QED) is 0.818. The molecule has 2 atom stereocenters. The smallest absolute Gasteiger partial charge is 0.249 e. The molecule has 2 unspecified atom stereocenters. The van der Waals surface area contributed by atoms with Crippen molar-refractivity contribution in [3.63, 3.8) is 0 Å². The molecule has 0 aromatic heterocycles. The van der Waals surface area contributed by atoms with E-state index in [0.717, 1.165) is 25.7 Å². The van der Waals surface area contributed by atoms with Crippen LogP contribution < -0.4 is 5.32 Å². The van der Waals surface area contributed by atoms with Crippen LogP contribution in [0.4, 0.5) is 0 Å². The Hall–Kier alpha value is -1.06. The summed E-state index contributed by atoms with van der Waals surface area (Å²) in [5, 5.41) is 3.03. The largest absolute Gasteiger partial charge is 0.340 e. The van der Waals surface area contributed by atoms with Crippen molar-refractivity contribution in [1.29, 1.82) is 0 Å². The van der Waals surface area contributed by atoms with Gasteiger partial charge in [-0.3, -0.25) is 9.59 Å². The van der Waals surface area contributed by atoms with Crippen LogP contribution in [0, 0.1) is 17.8 Å². The van der Waals surface area contributed by atoms with Crippen molar-refractivity contribution in [1.82, 2.24) is 10.2 Å². The molecule has 2 fully saturated rings. The molecule has 1 heterocycles. The molecule has 0 bridgehead atoms. The van der Waals surface area contributed by atoms with Crippen LogP contribution in [0.1, 0.15) is 60.3 Å². The Morgan fingerprint density at radius 2 is 1.86 bits per heavy atom. The minimum atomic E-state index is -0.666. The third kappa shape index (κ3) is 3.24. The van der Waals surface area contributed by atoms with Crippen molar-refractivity contribution in [3.8, 4) is 0 Å². The van der Waals surface area contributed by atoms with E-state index in [1.54, 1.807) is 0 Å². The van der Waals surface area contributed by atoms with Crippen LogP contribution >= 0.6 is 0 Å². The van der Waals surface area contributed by atoms with E-state index in [-0.39, 0.29) is 23.8 Å². The first-order valence-corrected chi connectivity index (χ1v) is 8.40. The van der Waals surface area contributed by atoms with Crippen molar-refractivity contribution >= 4 is 11.8 Å². The minimum absolute atomic E-state index is 0.0311. The normalized spacial score (nSPS) is 30.2. The predicted octanol–water partition coefficient (Wildman–Crippen LogP) is 2.57. The van der Waals surface area contributed by atoms with Gasteiger partial charge in [0.15, 0.2) is 0 Å². The molecule has 0 radical (unpaired) electrons. The maximum Gasteiger partial charge on any atom is 0.249 e. The number of hydrogen-bond donors (Lipinski definition) is 1. The molecule has 1 aliphatic carbocycles. The first kappa shape index (κ1) is 16.3. The fraction of sp³-hybridized carbons (Fsp3) is 0.882. The summed E-state index contributed by atoms with van der Waals surface area (Å²) in [6, 6.07) is -0.309. The Morgan fingerprint density at radius 3 is 2.33 bits per heavy atom. The Kier molecular flexibility index (Phi) is 4.64. The molecule has 2 rings (SSSR count). The van der Waals surface area contributed by atoms with Gasteiger partial charge in [0, 0.05) is 6.54 Å². The summed E-state index contributed by atoms with van der Waals surface area (Å²) >= 11 is 0. The third-order valence-corrected chi connectivity index (χ3v) is 4.90. The lowest BCUT2D eigenvalue weighted by molar-refractivity contribution is -0.157. The number of rotatable bonds is 6. The zero-order valence-corrected chi connectivity index (χ0v) is 14.1. The number of hydrogen-bond acceptors (Lipinski definition) is 2. The monoisotopic (exact) mass is 294 g/mol. The van der Waals surface area contributed by atoms with Gasteiger partial charge in [0.1, 0.15) is 11.6 Å². The Labute approximate surface area is 128 Å². The van der Waals surface area contributed by atoms with Gasteiger partial charge in [-0.05, 0) is 50.4 Å². The van der Waals surface area contributed by atoms with Gasteiger partial charge in [-0.25, -0.2) is 0 Å². The lowest BCUT2D eigenvalue weighted by Crippen LogP contribution is -2.71. The average Bonchev–Trinajstić information content (AvgIpc) is 3.18. The van der Waals surface area contributed by atoms with Gasteiger partial charge in [0.2, 0.25) is 11.8 Å². The van der Waals surface area contributed by atoms with Gasteiger partial charge in [0.25, 0.3) is 0 Å². The molecule has 21 heavy (non-hydrogen) atoms. The highest BCUT2D eigenvalue weighted by Gasteiger charge is 2.55. The van der Waals surface area contributed by atoms with Crippen LogP contribution in [-0.2, 0) is 9.59 Å². The number of amides is 2. The fourth-order valence-electron chi connectivity index (χ4n) is 3.46. The van der Waals surface area contributed by atoms with Gasteiger partial charge >= 0.3 is 0 Å². The summed E-state index contributed by atoms with van der Waals surface area (Å²) < 4.78 is 0. The van der Waals surface area contributed by atoms with Crippen molar-refractivity contribution in [3.05, 3.63) is 0 Å². The Bertz CT molecular complexity index is 415. The highest BCUT2D eigenvalue weighted by Crippen LogP contribution is 2.42. The summed E-state index contributed by atoms with van der Waals surface area (Å²) in [5.41, 5.74) is -0.666. The van der Waals surface area contributed by atoms with Gasteiger partial charge in [-0.1, -0.05) is 27.7 Å². The van der Waals surface area contributed by atoms with E-state index in [2.05, 4.69) is 19.2 Å². The third-order valence-electron chi connectivity index (χ3n) is 4.90. The molecule has 1 N–H and O–H groups in total. The standard InChI is InChI=1S/C17H30N2O2/c1-11(2)7-6-10-19-14(12(3)4)15(20)18-17(5,16(19)21)13-8-9-13/h11-14H,6-10H2,1-5H3,(H,18,20). The Morgan fingerprint density at radius 1 is 1.24 bits per heavy atom. The first-order chi connectivity index (χ1) is 9.77. The number of nitrogens with zero attached hydrogens (tertiary/aromatic N) is 1. The predicted molar refractivity (Wildman–Crippen MR) is 83.7 cm³/mol. The first-order valence-electron chi connectivity index (χ1n) is 8.40. The molecule has 2 aliphatic rings. The maximum absolute atomic E-state index is 13.0. The van der Waals surface area contributed by atoms with Crippen LogP contribution in [0.25, 0.3) is 0 Å². The molecule has 1 aliphatic heterocycles. The van der Waals surface area contributed by atoms with E-state index in [4.69, 9.17) is 0 Å². The van der Waals surface area contributed by atoms with Crippen molar-refractivity contribution < 1.29 is 9.59 Å². The number of piperazine rings is 1. The van der Waals surface area contributed by atoms with E-state index in [1.165, 1.54) is 0 Å². The minimum Gasteiger partial charge on any atom is -0.340 e. The molecule has 0 spiro atoms. The van der Waals surface area contributed by atoms with Crippen molar-refractivity contribution in [2.45, 2.75) is 71.9 Å². The average molecular weight is 294 g/mol. The van der Waals surface area contributed by atoms with E-state index in [1.807, 2.05) is 25.7 Å². The molecule has 0 aromatic carbocycles.